The quantitative estimate of drug-likeness (QED) is 0.808. The third-order valence-corrected chi connectivity index (χ3v) is 4.54. The lowest BCUT2D eigenvalue weighted by Crippen LogP contribution is -2.20. The molecule has 106 valence electrons. The van der Waals surface area contributed by atoms with Crippen molar-refractivity contribution in [2.75, 3.05) is 7.05 Å². The largest absolute Gasteiger partial charge is 0.313 e. The van der Waals surface area contributed by atoms with Gasteiger partial charge >= 0.3 is 0 Å². The first-order valence-electron chi connectivity index (χ1n) is 6.39. The number of benzene rings is 2. The molecule has 0 amide bonds. The number of rotatable bonds is 4. The van der Waals surface area contributed by atoms with E-state index in [-0.39, 0.29) is 11.9 Å². The van der Waals surface area contributed by atoms with Gasteiger partial charge < -0.3 is 5.32 Å². The molecule has 1 unspecified atom stereocenters. The highest BCUT2D eigenvalue weighted by Gasteiger charge is 2.15. The van der Waals surface area contributed by atoms with E-state index in [1.165, 1.54) is 11.6 Å². The predicted molar refractivity (Wildman–Crippen MR) is 85.8 cm³/mol. The summed E-state index contributed by atoms with van der Waals surface area (Å²) in [6, 6.07) is 11.0. The van der Waals surface area contributed by atoms with Crippen molar-refractivity contribution in [3.8, 4) is 0 Å². The molecule has 0 heterocycles. The molecule has 0 radical (unpaired) electrons. The molecule has 1 atom stereocenters. The summed E-state index contributed by atoms with van der Waals surface area (Å²) in [4.78, 5) is 0. The molecule has 0 aliphatic rings. The molecule has 0 aliphatic heterocycles. The second kappa shape index (κ2) is 6.70. The average molecular weight is 357 g/mol. The van der Waals surface area contributed by atoms with Crippen LogP contribution in [-0.4, -0.2) is 7.05 Å². The maximum absolute atomic E-state index is 13.6. The number of hydrogen-bond donors (Lipinski definition) is 1. The SMILES string of the molecule is CNC(Cc1cccc(F)c1Br)c1cc(Cl)ccc1C. The van der Waals surface area contributed by atoms with Crippen LogP contribution in [0, 0.1) is 12.7 Å². The van der Waals surface area contributed by atoms with Gasteiger partial charge in [0, 0.05) is 11.1 Å². The molecule has 0 bridgehead atoms. The molecular weight excluding hydrogens is 341 g/mol. The molecule has 2 aromatic rings. The van der Waals surface area contributed by atoms with Crippen LogP contribution >= 0.6 is 27.5 Å². The molecule has 0 aliphatic carbocycles. The number of likely N-dealkylation sites (N-methyl/N-ethyl adjacent to an activating group) is 1. The highest BCUT2D eigenvalue weighted by molar-refractivity contribution is 9.10. The van der Waals surface area contributed by atoms with Crippen LogP contribution in [0.3, 0.4) is 0 Å². The lowest BCUT2D eigenvalue weighted by atomic mass is 9.95. The van der Waals surface area contributed by atoms with Crippen molar-refractivity contribution in [2.45, 2.75) is 19.4 Å². The zero-order valence-electron chi connectivity index (χ0n) is 11.4. The molecule has 20 heavy (non-hydrogen) atoms. The summed E-state index contributed by atoms with van der Waals surface area (Å²) < 4.78 is 14.1. The van der Waals surface area contributed by atoms with Gasteiger partial charge in [0.15, 0.2) is 0 Å². The molecular formula is C16H16BrClFN. The Morgan fingerprint density at radius 2 is 2.05 bits per heavy atom. The minimum Gasteiger partial charge on any atom is -0.313 e. The van der Waals surface area contributed by atoms with Crippen LogP contribution in [-0.2, 0) is 6.42 Å². The fourth-order valence-corrected chi connectivity index (χ4v) is 2.89. The van der Waals surface area contributed by atoms with Crippen molar-refractivity contribution in [1.29, 1.82) is 0 Å². The number of halogens is 3. The first kappa shape index (κ1) is 15.5. The summed E-state index contributed by atoms with van der Waals surface area (Å²) >= 11 is 9.39. The fourth-order valence-electron chi connectivity index (χ4n) is 2.28. The summed E-state index contributed by atoms with van der Waals surface area (Å²) in [5, 5.41) is 3.99. The number of nitrogens with one attached hydrogen (secondary N) is 1. The topological polar surface area (TPSA) is 12.0 Å². The van der Waals surface area contributed by atoms with Crippen molar-refractivity contribution in [2.24, 2.45) is 0 Å². The Morgan fingerprint density at radius 1 is 1.30 bits per heavy atom. The third kappa shape index (κ3) is 3.40. The van der Waals surface area contributed by atoms with Crippen molar-refractivity contribution < 1.29 is 4.39 Å². The second-order valence-corrected chi connectivity index (χ2v) is 5.99. The minimum atomic E-state index is -0.236. The van der Waals surface area contributed by atoms with Crippen LogP contribution in [0.15, 0.2) is 40.9 Å². The van der Waals surface area contributed by atoms with E-state index in [0.29, 0.717) is 15.9 Å². The molecule has 0 saturated carbocycles. The molecule has 0 fully saturated rings. The summed E-state index contributed by atoms with van der Waals surface area (Å²) in [5.74, 6) is -0.236. The van der Waals surface area contributed by atoms with Gasteiger partial charge in [-0.25, -0.2) is 4.39 Å². The Labute approximate surface area is 132 Å². The zero-order valence-corrected chi connectivity index (χ0v) is 13.7. The van der Waals surface area contributed by atoms with Crippen LogP contribution in [0.4, 0.5) is 4.39 Å². The highest BCUT2D eigenvalue weighted by Crippen LogP contribution is 2.28. The van der Waals surface area contributed by atoms with Crippen LogP contribution in [0.1, 0.15) is 22.7 Å². The van der Waals surface area contributed by atoms with E-state index in [2.05, 4.69) is 28.2 Å². The van der Waals surface area contributed by atoms with Crippen molar-refractivity contribution in [1.82, 2.24) is 5.32 Å². The third-order valence-electron chi connectivity index (χ3n) is 3.42. The summed E-state index contributed by atoms with van der Waals surface area (Å²) in [6.07, 6.45) is 0.691. The molecule has 0 aromatic heterocycles. The molecule has 0 spiro atoms. The average Bonchev–Trinajstić information content (AvgIpc) is 2.43. The van der Waals surface area contributed by atoms with Crippen molar-refractivity contribution in [3.63, 3.8) is 0 Å². The Balaban J connectivity index is 2.34. The van der Waals surface area contributed by atoms with Crippen LogP contribution < -0.4 is 5.32 Å². The summed E-state index contributed by atoms with van der Waals surface area (Å²) in [7, 11) is 1.90. The van der Waals surface area contributed by atoms with Gasteiger partial charge in [0.1, 0.15) is 5.82 Å². The highest BCUT2D eigenvalue weighted by atomic mass is 79.9. The Bertz CT molecular complexity index is 615. The number of hydrogen-bond acceptors (Lipinski definition) is 1. The molecule has 4 heteroatoms. The summed E-state index contributed by atoms with van der Waals surface area (Å²) in [6.45, 7) is 2.05. The van der Waals surface area contributed by atoms with Crippen molar-refractivity contribution >= 4 is 27.5 Å². The number of aryl methyl sites for hydroxylation is 1. The van der Waals surface area contributed by atoms with E-state index in [4.69, 9.17) is 11.6 Å². The van der Waals surface area contributed by atoms with E-state index < -0.39 is 0 Å². The zero-order chi connectivity index (χ0) is 14.7. The van der Waals surface area contributed by atoms with Gasteiger partial charge in [-0.15, -0.1) is 0 Å². The van der Waals surface area contributed by atoms with Gasteiger partial charge in [-0.05, 0) is 71.2 Å². The van der Waals surface area contributed by atoms with E-state index in [1.54, 1.807) is 6.07 Å². The first-order valence-corrected chi connectivity index (χ1v) is 7.56. The maximum atomic E-state index is 13.6. The standard InChI is InChI=1S/C16H16BrClFN/c1-10-6-7-12(18)9-13(10)15(20-2)8-11-4-3-5-14(19)16(11)17/h3-7,9,15,20H,8H2,1-2H3. The van der Waals surface area contributed by atoms with Gasteiger partial charge in [-0.3, -0.25) is 0 Å². The van der Waals surface area contributed by atoms with E-state index in [9.17, 15) is 4.39 Å². The molecule has 1 nitrogen and oxygen atoms in total. The Kier molecular flexibility index (Phi) is 5.19. The lowest BCUT2D eigenvalue weighted by molar-refractivity contribution is 0.578. The lowest BCUT2D eigenvalue weighted by Gasteiger charge is -2.20. The molecule has 0 saturated heterocycles. The van der Waals surface area contributed by atoms with Gasteiger partial charge in [0.25, 0.3) is 0 Å². The predicted octanol–water partition coefficient (Wildman–Crippen LogP) is 5.05. The second-order valence-electron chi connectivity index (χ2n) is 4.76. The maximum Gasteiger partial charge on any atom is 0.137 e. The summed E-state index contributed by atoms with van der Waals surface area (Å²) in [5.41, 5.74) is 3.24. The Morgan fingerprint density at radius 3 is 2.75 bits per heavy atom. The molecule has 2 rings (SSSR count). The van der Waals surface area contributed by atoms with Gasteiger partial charge in [-0.2, -0.15) is 0 Å². The smallest absolute Gasteiger partial charge is 0.137 e. The monoisotopic (exact) mass is 355 g/mol. The minimum absolute atomic E-state index is 0.0896. The first-order chi connectivity index (χ1) is 9.52. The van der Waals surface area contributed by atoms with Crippen LogP contribution in [0.5, 0.6) is 0 Å². The van der Waals surface area contributed by atoms with Crippen LogP contribution in [0.2, 0.25) is 5.02 Å². The van der Waals surface area contributed by atoms with Gasteiger partial charge in [-0.1, -0.05) is 29.8 Å². The van der Waals surface area contributed by atoms with E-state index >= 15 is 0 Å². The van der Waals surface area contributed by atoms with Crippen molar-refractivity contribution in [3.05, 3.63) is 68.4 Å². The molecule has 1 N–H and O–H groups in total. The normalized spacial score (nSPS) is 12.4. The van der Waals surface area contributed by atoms with E-state index in [0.717, 1.165) is 11.1 Å². The van der Waals surface area contributed by atoms with Gasteiger partial charge in [0.2, 0.25) is 0 Å². The van der Waals surface area contributed by atoms with Crippen LogP contribution in [0.25, 0.3) is 0 Å². The van der Waals surface area contributed by atoms with Gasteiger partial charge in [0.05, 0.1) is 4.47 Å². The molecule has 2 aromatic carbocycles. The Hall–Kier alpha value is -0.900. The van der Waals surface area contributed by atoms with E-state index in [1.807, 2.05) is 31.3 Å². The fraction of sp³-hybridized carbons (Fsp3) is 0.250.